The van der Waals surface area contributed by atoms with Gasteiger partial charge in [-0.05, 0) is 24.1 Å². The molecule has 0 aliphatic carbocycles. The highest BCUT2D eigenvalue weighted by Crippen LogP contribution is 2.36. The average Bonchev–Trinajstić information content (AvgIpc) is 3.19. The molecule has 166 valence electrons. The van der Waals surface area contributed by atoms with Crippen molar-refractivity contribution >= 4 is 34.0 Å². The number of methoxy groups -OCH3 is 1. The number of carboxylic acid groups (broad SMARTS) is 1. The van der Waals surface area contributed by atoms with Gasteiger partial charge in [0, 0.05) is 30.8 Å². The maximum absolute atomic E-state index is 11.2. The van der Waals surface area contributed by atoms with E-state index in [1.807, 2.05) is 74.2 Å². The first-order chi connectivity index (χ1) is 15.0. The van der Waals surface area contributed by atoms with E-state index in [4.69, 9.17) is 21.3 Å². The smallest absolute Gasteiger partial charge is 0.305 e. The van der Waals surface area contributed by atoms with E-state index in [0.29, 0.717) is 24.7 Å². The quantitative estimate of drug-likeness (QED) is 0.398. The zero-order chi connectivity index (χ0) is 22.8. The molecule has 3 aromatic rings. The van der Waals surface area contributed by atoms with E-state index >= 15 is 0 Å². The van der Waals surface area contributed by atoms with Gasteiger partial charge in [-0.3, -0.25) is 4.79 Å². The first kappa shape index (κ1) is 24.9. The second-order valence-electron chi connectivity index (χ2n) is 6.72. The lowest BCUT2D eigenvalue weighted by molar-refractivity contribution is -0.136. The monoisotopic (exact) mass is 460 g/mol. The number of benzene rings is 2. The highest BCUT2D eigenvalue weighted by Gasteiger charge is 2.19. The van der Waals surface area contributed by atoms with E-state index in [1.165, 1.54) is 11.3 Å². The molecule has 0 unspecified atom stereocenters. The molecule has 1 aromatic heterocycles. The third kappa shape index (κ3) is 7.06. The molecular formula is C24H29ClN2O3S. The number of halogens is 1. The van der Waals surface area contributed by atoms with Gasteiger partial charge < -0.3 is 14.7 Å². The zero-order valence-corrected chi connectivity index (χ0v) is 20.0. The fourth-order valence-electron chi connectivity index (χ4n) is 2.95. The fourth-order valence-corrected chi connectivity index (χ4v) is 4.21. The van der Waals surface area contributed by atoms with Gasteiger partial charge in [0.05, 0.1) is 23.6 Å². The number of anilines is 1. The maximum atomic E-state index is 11.2. The first-order valence-electron chi connectivity index (χ1n) is 10.2. The van der Waals surface area contributed by atoms with E-state index in [0.717, 1.165) is 32.4 Å². The molecule has 3 rings (SSSR count). The van der Waals surface area contributed by atoms with Crippen molar-refractivity contribution in [2.24, 2.45) is 0 Å². The number of hydrogen-bond acceptors (Lipinski definition) is 5. The second kappa shape index (κ2) is 12.4. The van der Waals surface area contributed by atoms with Crippen molar-refractivity contribution in [1.82, 2.24) is 4.98 Å². The van der Waals surface area contributed by atoms with Crippen LogP contribution in [0.3, 0.4) is 0 Å². The Kier molecular flexibility index (Phi) is 9.98. The summed E-state index contributed by atoms with van der Waals surface area (Å²) in [5.41, 5.74) is 3.85. The van der Waals surface area contributed by atoms with Gasteiger partial charge in [0.2, 0.25) is 0 Å². The summed E-state index contributed by atoms with van der Waals surface area (Å²) >= 11 is 7.84. The molecule has 2 aromatic carbocycles. The van der Waals surface area contributed by atoms with E-state index < -0.39 is 5.97 Å². The Morgan fingerprint density at radius 2 is 1.90 bits per heavy atom. The zero-order valence-electron chi connectivity index (χ0n) is 18.4. The molecule has 0 amide bonds. The standard InChI is InChI=1S/C22H23ClN2O3S.C2H6/c1-15-8-9-17(12-18(15)23)21-19(14-28-2)29-22(24-21)25(11-10-20(26)27)13-16-6-4-3-5-7-16;1-2/h3-9,12H,10-11,13-14H2,1-2H3,(H,26,27);1-2H3. The van der Waals surface area contributed by atoms with Crippen molar-refractivity contribution < 1.29 is 14.6 Å². The van der Waals surface area contributed by atoms with Crippen LogP contribution in [0, 0.1) is 6.92 Å². The van der Waals surface area contributed by atoms with Crippen molar-refractivity contribution in [2.75, 3.05) is 18.6 Å². The van der Waals surface area contributed by atoms with Crippen LogP contribution in [0.25, 0.3) is 11.3 Å². The molecule has 0 aliphatic rings. The van der Waals surface area contributed by atoms with Gasteiger partial charge in [-0.1, -0.05) is 79.2 Å². The average molecular weight is 461 g/mol. The lowest BCUT2D eigenvalue weighted by Crippen LogP contribution is -2.25. The SMILES string of the molecule is CC.COCc1sc(N(CCC(=O)O)Cc2ccccc2)nc1-c1ccc(C)c(Cl)c1. The fraction of sp³-hybridized carbons (Fsp3) is 0.333. The Balaban J connectivity index is 0.00000166. The van der Waals surface area contributed by atoms with Crippen LogP contribution >= 0.6 is 22.9 Å². The number of aryl methyl sites for hydroxylation is 1. The summed E-state index contributed by atoms with van der Waals surface area (Å²) in [6.07, 6.45) is 0.0394. The number of ether oxygens (including phenoxy) is 1. The second-order valence-corrected chi connectivity index (χ2v) is 8.19. The molecule has 1 N–H and O–H groups in total. The molecule has 0 bridgehead atoms. The van der Waals surface area contributed by atoms with E-state index in [-0.39, 0.29) is 6.42 Å². The summed E-state index contributed by atoms with van der Waals surface area (Å²) in [6.45, 7) is 7.35. The number of rotatable bonds is 9. The largest absolute Gasteiger partial charge is 0.481 e. The Labute approximate surface area is 193 Å². The van der Waals surface area contributed by atoms with E-state index in [9.17, 15) is 9.90 Å². The van der Waals surface area contributed by atoms with Crippen LogP contribution in [0.15, 0.2) is 48.5 Å². The number of aliphatic carboxylic acids is 1. The van der Waals surface area contributed by atoms with Crippen LogP contribution in [0.4, 0.5) is 5.13 Å². The van der Waals surface area contributed by atoms with Gasteiger partial charge in [0.1, 0.15) is 0 Å². The van der Waals surface area contributed by atoms with Gasteiger partial charge in [0.25, 0.3) is 0 Å². The van der Waals surface area contributed by atoms with Crippen molar-refractivity contribution in [1.29, 1.82) is 0 Å². The number of carbonyl (C=O) groups is 1. The molecule has 7 heteroatoms. The molecule has 0 fully saturated rings. The molecule has 0 spiro atoms. The van der Waals surface area contributed by atoms with Crippen LogP contribution in [0.5, 0.6) is 0 Å². The van der Waals surface area contributed by atoms with Crippen molar-refractivity contribution in [3.63, 3.8) is 0 Å². The lowest BCUT2D eigenvalue weighted by atomic mass is 10.1. The molecule has 31 heavy (non-hydrogen) atoms. The normalized spacial score (nSPS) is 10.4. The molecular weight excluding hydrogens is 432 g/mol. The minimum atomic E-state index is -0.831. The third-order valence-corrected chi connectivity index (χ3v) is 5.99. The summed E-state index contributed by atoms with van der Waals surface area (Å²) < 4.78 is 5.38. The van der Waals surface area contributed by atoms with E-state index in [1.54, 1.807) is 7.11 Å². The van der Waals surface area contributed by atoms with E-state index in [2.05, 4.69) is 0 Å². The Hall–Kier alpha value is -2.41. The number of hydrogen-bond donors (Lipinski definition) is 1. The van der Waals surface area contributed by atoms with Gasteiger partial charge in [-0.15, -0.1) is 0 Å². The van der Waals surface area contributed by atoms with Gasteiger partial charge in [-0.25, -0.2) is 4.98 Å². The molecule has 0 saturated carbocycles. The summed E-state index contributed by atoms with van der Waals surface area (Å²) in [6, 6.07) is 15.8. The summed E-state index contributed by atoms with van der Waals surface area (Å²) in [4.78, 5) is 19.0. The predicted molar refractivity (Wildman–Crippen MR) is 129 cm³/mol. The number of aromatic nitrogens is 1. The minimum absolute atomic E-state index is 0.0394. The van der Waals surface area contributed by atoms with Crippen LogP contribution in [-0.4, -0.2) is 29.7 Å². The summed E-state index contributed by atoms with van der Waals surface area (Å²) in [5, 5.41) is 10.6. The third-order valence-electron chi connectivity index (χ3n) is 4.49. The predicted octanol–water partition coefficient (Wildman–Crippen LogP) is 6.43. The Morgan fingerprint density at radius 1 is 1.19 bits per heavy atom. The highest BCUT2D eigenvalue weighted by molar-refractivity contribution is 7.16. The number of nitrogens with zero attached hydrogens (tertiary/aromatic N) is 2. The van der Waals surface area contributed by atoms with Crippen LogP contribution in [-0.2, 0) is 22.7 Å². The number of thiazole rings is 1. The summed E-state index contributed by atoms with van der Waals surface area (Å²) in [5.74, 6) is -0.831. The highest BCUT2D eigenvalue weighted by atomic mass is 35.5. The maximum Gasteiger partial charge on any atom is 0.305 e. The van der Waals surface area contributed by atoms with Crippen LogP contribution < -0.4 is 4.90 Å². The topological polar surface area (TPSA) is 62.7 Å². The Morgan fingerprint density at radius 3 is 2.52 bits per heavy atom. The van der Waals surface area contributed by atoms with Crippen molar-refractivity contribution in [3.05, 3.63) is 69.6 Å². The molecule has 1 heterocycles. The van der Waals surface area contributed by atoms with Gasteiger partial charge in [-0.2, -0.15) is 0 Å². The molecule has 0 atom stereocenters. The molecule has 5 nitrogen and oxygen atoms in total. The van der Waals surface area contributed by atoms with Gasteiger partial charge in [0.15, 0.2) is 5.13 Å². The number of carboxylic acids is 1. The summed E-state index contributed by atoms with van der Waals surface area (Å²) in [7, 11) is 1.65. The molecule has 0 radical (unpaired) electrons. The minimum Gasteiger partial charge on any atom is -0.481 e. The van der Waals surface area contributed by atoms with Crippen LogP contribution in [0.1, 0.15) is 36.3 Å². The van der Waals surface area contributed by atoms with Crippen molar-refractivity contribution in [3.8, 4) is 11.3 Å². The molecule has 0 aliphatic heterocycles. The van der Waals surface area contributed by atoms with Gasteiger partial charge >= 0.3 is 5.97 Å². The lowest BCUT2D eigenvalue weighted by Gasteiger charge is -2.21. The first-order valence-corrected chi connectivity index (χ1v) is 11.4. The molecule has 0 saturated heterocycles. The van der Waals surface area contributed by atoms with Crippen molar-refractivity contribution in [2.45, 2.75) is 40.3 Å². The van der Waals surface area contributed by atoms with Crippen LogP contribution in [0.2, 0.25) is 5.02 Å². The Bertz CT molecular complexity index is 976.